The zero-order valence-corrected chi connectivity index (χ0v) is 6.36. The Kier molecular flexibility index (Phi) is 4.42. The highest BCUT2D eigenvalue weighted by atomic mass is 19.4. The normalized spacial score (nSPS) is 11.0. The molecule has 72 valence electrons. The molecule has 0 saturated heterocycles. The summed E-state index contributed by atoms with van der Waals surface area (Å²) in [6, 6.07) is -0.790. The summed E-state index contributed by atoms with van der Waals surface area (Å²) < 4.78 is 34.2. The molecule has 7 heteroatoms. The number of hydroxylamine groups is 1. The molecule has 0 aromatic carbocycles. The van der Waals surface area contributed by atoms with Gasteiger partial charge in [-0.05, 0) is 6.92 Å². The number of urea groups is 1. The zero-order chi connectivity index (χ0) is 9.61. The van der Waals surface area contributed by atoms with Crippen molar-refractivity contribution in [1.29, 1.82) is 0 Å². The minimum Gasteiger partial charge on any atom is -0.337 e. The summed E-state index contributed by atoms with van der Waals surface area (Å²) in [4.78, 5) is 14.2. The third kappa shape index (κ3) is 7.13. The van der Waals surface area contributed by atoms with Gasteiger partial charge >= 0.3 is 12.2 Å². The highest BCUT2D eigenvalue weighted by molar-refractivity contribution is 5.72. The number of amides is 2. The standard InChI is InChI=1S/C5H9F3N2O2/c1-2-9-4(11)10-12-3-5(6,7)8/h2-3H2,1H3,(H2,9,10,11). The third-order valence-corrected chi connectivity index (χ3v) is 0.738. The summed E-state index contributed by atoms with van der Waals surface area (Å²) >= 11 is 0. The summed E-state index contributed by atoms with van der Waals surface area (Å²) in [5.41, 5.74) is 1.57. The van der Waals surface area contributed by atoms with Crippen LogP contribution in [0.25, 0.3) is 0 Å². The summed E-state index contributed by atoms with van der Waals surface area (Å²) in [6.45, 7) is 0.453. The molecular formula is C5H9F3N2O2. The fourth-order valence-corrected chi connectivity index (χ4v) is 0.380. The molecule has 0 saturated carbocycles. The van der Waals surface area contributed by atoms with Crippen LogP contribution in [0.2, 0.25) is 0 Å². The van der Waals surface area contributed by atoms with Gasteiger partial charge in [0.05, 0.1) is 0 Å². The van der Waals surface area contributed by atoms with Crippen LogP contribution >= 0.6 is 0 Å². The van der Waals surface area contributed by atoms with Gasteiger partial charge in [0, 0.05) is 6.54 Å². The van der Waals surface area contributed by atoms with Crippen LogP contribution in [0.3, 0.4) is 0 Å². The SMILES string of the molecule is CCNC(=O)NOCC(F)(F)F. The van der Waals surface area contributed by atoms with Crippen LogP contribution < -0.4 is 10.8 Å². The Hall–Kier alpha value is -0.980. The molecule has 0 atom stereocenters. The lowest BCUT2D eigenvalue weighted by Crippen LogP contribution is -2.37. The maximum atomic E-state index is 11.4. The van der Waals surface area contributed by atoms with Gasteiger partial charge in [0.15, 0.2) is 6.61 Å². The van der Waals surface area contributed by atoms with E-state index in [9.17, 15) is 18.0 Å². The number of halogens is 3. The highest BCUT2D eigenvalue weighted by Gasteiger charge is 2.28. The molecule has 0 radical (unpaired) electrons. The Morgan fingerprint density at radius 3 is 2.50 bits per heavy atom. The molecular weight excluding hydrogens is 177 g/mol. The van der Waals surface area contributed by atoms with Crippen LogP contribution in [-0.2, 0) is 4.84 Å². The molecule has 2 N–H and O–H groups in total. The van der Waals surface area contributed by atoms with Gasteiger partial charge in [0.1, 0.15) is 0 Å². The number of alkyl halides is 3. The first kappa shape index (κ1) is 11.0. The number of carbonyl (C=O) groups is 1. The Bertz CT molecular complexity index is 148. The zero-order valence-electron chi connectivity index (χ0n) is 6.36. The van der Waals surface area contributed by atoms with Crippen molar-refractivity contribution in [2.24, 2.45) is 0 Å². The van der Waals surface area contributed by atoms with Crippen molar-refractivity contribution in [3.8, 4) is 0 Å². The van der Waals surface area contributed by atoms with E-state index in [0.717, 1.165) is 0 Å². The van der Waals surface area contributed by atoms with Crippen molar-refractivity contribution >= 4 is 6.03 Å². The average molecular weight is 186 g/mol. The van der Waals surface area contributed by atoms with Crippen LogP contribution in [0.4, 0.5) is 18.0 Å². The predicted molar refractivity (Wildman–Crippen MR) is 34.2 cm³/mol. The van der Waals surface area contributed by atoms with Crippen molar-refractivity contribution in [3.05, 3.63) is 0 Å². The second-order valence-electron chi connectivity index (χ2n) is 1.87. The lowest BCUT2D eigenvalue weighted by molar-refractivity contribution is -0.184. The maximum Gasteiger partial charge on any atom is 0.414 e. The average Bonchev–Trinajstić information content (AvgIpc) is 1.84. The molecule has 0 unspecified atom stereocenters. The number of hydrogen-bond acceptors (Lipinski definition) is 2. The molecule has 0 rings (SSSR count). The Labute approximate surface area is 67.0 Å². The minimum absolute atomic E-state index is 0.321. The third-order valence-electron chi connectivity index (χ3n) is 0.738. The van der Waals surface area contributed by atoms with E-state index in [1.165, 1.54) is 0 Å². The van der Waals surface area contributed by atoms with Crippen LogP contribution in [0, 0.1) is 0 Å². The van der Waals surface area contributed by atoms with Gasteiger partial charge < -0.3 is 5.32 Å². The molecule has 0 aliphatic rings. The predicted octanol–water partition coefficient (Wildman–Crippen LogP) is 0.799. The molecule has 2 amide bonds. The van der Waals surface area contributed by atoms with E-state index in [-0.39, 0.29) is 0 Å². The van der Waals surface area contributed by atoms with E-state index in [0.29, 0.717) is 6.54 Å². The van der Waals surface area contributed by atoms with E-state index >= 15 is 0 Å². The molecule has 0 aliphatic heterocycles. The Morgan fingerprint density at radius 1 is 1.50 bits per heavy atom. The van der Waals surface area contributed by atoms with Crippen molar-refractivity contribution in [2.45, 2.75) is 13.1 Å². The van der Waals surface area contributed by atoms with Crippen molar-refractivity contribution in [3.63, 3.8) is 0 Å². The molecule has 0 bridgehead atoms. The van der Waals surface area contributed by atoms with Gasteiger partial charge in [-0.25, -0.2) is 10.3 Å². The molecule has 0 heterocycles. The maximum absolute atomic E-state index is 11.4. The second kappa shape index (κ2) is 4.81. The second-order valence-corrected chi connectivity index (χ2v) is 1.87. The largest absolute Gasteiger partial charge is 0.414 e. The van der Waals surface area contributed by atoms with Gasteiger partial charge in [-0.3, -0.25) is 4.84 Å². The fourth-order valence-electron chi connectivity index (χ4n) is 0.380. The molecule has 0 aromatic heterocycles. The number of rotatable bonds is 3. The van der Waals surface area contributed by atoms with Gasteiger partial charge in [-0.1, -0.05) is 0 Å². The fraction of sp³-hybridized carbons (Fsp3) is 0.800. The summed E-state index contributed by atoms with van der Waals surface area (Å²) in [5, 5.41) is 2.19. The number of carbonyl (C=O) groups excluding carboxylic acids is 1. The van der Waals surface area contributed by atoms with Gasteiger partial charge in [-0.2, -0.15) is 13.2 Å². The van der Waals surface area contributed by atoms with Crippen molar-refractivity contribution < 1.29 is 22.8 Å². The topological polar surface area (TPSA) is 50.4 Å². The van der Waals surface area contributed by atoms with Crippen LogP contribution in [0.5, 0.6) is 0 Å². The smallest absolute Gasteiger partial charge is 0.337 e. The van der Waals surface area contributed by atoms with Gasteiger partial charge in [-0.15, -0.1) is 0 Å². The van der Waals surface area contributed by atoms with Crippen LogP contribution in [-0.4, -0.2) is 25.4 Å². The number of nitrogens with one attached hydrogen (secondary N) is 2. The monoisotopic (exact) mass is 186 g/mol. The molecule has 0 fully saturated rings. The highest BCUT2D eigenvalue weighted by Crippen LogP contribution is 2.13. The van der Waals surface area contributed by atoms with E-state index in [1.54, 1.807) is 12.4 Å². The minimum atomic E-state index is -4.43. The van der Waals surface area contributed by atoms with Crippen molar-refractivity contribution in [1.82, 2.24) is 10.8 Å². The molecule has 0 aromatic rings. The Morgan fingerprint density at radius 2 is 2.08 bits per heavy atom. The van der Waals surface area contributed by atoms with E-state index in [2.05, 4.69) is 10.2 Å². The van der Waals surface area contributed by atoms with Crippen LogP contribution in [0.1, 0.15) is 6.92 Å². The van der Waals surface area contributed by atoms with E-state index < -0.39 is 18.8 Å². The first-order valence-electron chi connectivity index (χ1n) is 3.18. The van der Waals surface area contributed by atoms with Gasteiger partial charge in [0.25, 0.3) is 0 Å². The Balaban J connectivity index is 3.37. The molecule has 4 nitrogen and oxygen atoms in total. The van der Waals surface area contributed by atoms with Crippen molar-refractivity contribution in [2.75, 3.05) is 13.2 Å². The first-order chi connectivity index (χ1) is 5.45. The lowest BCUT2D eigenvalue weighted by atomic mass is 10.7. The van der Waals surface area contributed by atoms with E-state index in [1.807, 2.05) is 0 Å². The van der Waals surface area contributed by atoms with E-state index in [4.69, 9.17) is 0 Å². The lowest BCUT2D eigenvalue weighted by Gasteiger charge is -2.07. The molecule has 0 spiro atoms. The van der Waals surface area contributed by atoms with Crippen LogP contribution in [0.15, 0.2) is 0 Å². The first-order valence-corrected chi connectivity index (χ1v) is 3.18. The summed E-state index contributed by atoms with van der Waals surface area (Å²) in [6.07, 6.45) is -4.43. The van der Waals surface area contributed by atoms with Gasteiger partial charge in [0.2, 0.25) is 0 Å². The molecule has 0 aliphatic carbocycles. The quantitative estimate of drug-likeness (QED) is 0.640. The summed E-state index contributed by atoms with van der Waals surface area (Å²) in [7, 11) is 0. The number of hydrogen-bond donors (Lipinski definition) is 2. The molecule has 12 heavy (non-hydrogen) atoms. The summed E-state index contributed by atoms with van der Waals surface area (Å²) in [5.74, 6) is 0.